The Balaban J connectivity index is 1.05. The number of para-hydroxylation sites is 1. The number of amides is 2. The average Bonchev–Trinajstić information content (AvgIpc) is 3.35. The van der Waals surface area contributed by atoms with Crippen molar-refractivity contribution < 1.29 is 29.1 Å². The third-order valence-electron chi connectivity index (χ3n) is 8.84. The van der Waals surface area contributed by atoms with Crippen molar-refractivity contribution in [2.75, 3.05) is 19.7 Å². The number of rotatable bonds is 6. The van der Waals surface area contributed by atoms with E-state index in [4.69, 9.17) is 14.4 Å². The molecule has 204 valence electrons. The lowest BCUT2D eigenvalue weighted by Crippen LogP contribution is -2.44. The van der Waals surface area contributed by atoms with Gasteiger partial charge in [0.2, 0.25) is 0 Å². The maximum absolute atomic E-state index is 12.8. The molecule has 2 aliphatic carbocycles. The molecule has 1 spiro atoms. The first-order valence-electron chi connectivity index (χ1n) is 14.0. The zero-order chi connectivity index (χ0) is 26.3. The van der Waals surface area contributed by atoms with Gasteiger partial charge in [-0.25, -0.2) is 14.9 Å². The van der Waals surface area contributed by atoms with E-state index in [1.54, 1.807) is 17.2 Å². The number of allylic oxidation sites excluding steroid dienone is 1. The second-order valence-electron chi connectivity index (χ2n) is 11.4. The number of benzene rings is 1. The molecule has 3 heterocycles. The van der Waals surface area contributed by atoms with E-state index in [9.17, 15) is 14.7 Å². The molecule has 0 bridgehead atoms. The van der Waals surface area contributed by atoms with Crippen LogP contribution in [-0.2, 0) is 25.6 Å². The van der Waals surface area contributed by atoms with Crippen molar-refractivity contribution in [2.45, 2.75) is 70.4 Å². The molecule has 0 radical (unpaired) electrons. The third-order valence-corrected chi connectivity index (χ3v) is 8.84. The van der Waals surface area contributed by atoms with E-state index in [2.05, 4.69) is 18.3 Å². The Hall–Kier alpha value is -3.20. The Morgan fingerprint density at radius 2 is 2.11 bits per heavy atom. The number of carbonyl (C=O) groups is 2. The van der Waals surface area contributed by atoms with E-state index < -0.39 is 12.1 Å². The average molecular weight is 524 g/mol. The van der Waals surface area contributed by atoms with Gasteiger partial charge in [-0.1, -0.05) is 31.2 Å². The molecule has 2 amide bonds. The molecule has 1 aromatic rings. The van der Waals surface area contributed by atoms with Crippen molar-refractivity contribution in [3.05, 3.63) is 53.4 Å². The Kier molecular flexibility index (Phi) is 6.72. The molecule has 1 aromatic carbocycles. The molecule has 3 aliphatic heterocycles. The monoisotopic (exact) mass is 523 g/mol. The fourth-order valence-corrected chi connectivity index (χ4v) is 7.09. The van der Waals surface area contributed by atoms with Crippen LogP contribution >= 0.6 is 0 Å². The van der Waals surface area contributed by atoms with E-state index in [1.165, 1.54) is 22.8 Å². The van der Waals surface area contributed by atoms with Gasteiger partial charge in [-0.05, 0) is 61.6 Å². The molecule has 38 heavy (non-hydrogen) atoms. The highest BCUT2D eigenvalue weighted by atomic mass is 16.7. The Morgan fingerprint density at radius 3 is 2.97 bits per heavy atom. The van der Waals surface area contributed by atoms with Crippen molar-refractivity contribution in [1.82, 2.24) is 15.4 Å². The van der Waals surface area contributed by atoms with Crippen LogP contribution in [0.5, 0.6) is 5.75 Å². The second-order valence-corrected chi connectivity index (χ2v) is 11.4. The molecule has 0 aromatic heterocycles. The summed E-state index contributed by atoms with van der Waals surface area (Å²) in [5, 5.41) is 15.6. The SMILES string of the molecule is CC1CC[C@H]2OC3=C4[C@H](CCC3)CN(OC(=O)N[C@H]3CCN(OCCc5ccccc5O)C3=O)C=CC42C1. The van der Waals surface area contributed by atoms with Gasteiger partial charge in [-0.2, -0.15) is 0 Å². The second kappa shape index (κ2) is 10.2. The van der Waals surface area contributed by atoms with Crippen LogP contribution in [0.3, 0.4) is 0 Å². The van der Waals surface area contributed by atoms with Gasteiger partial charge in [0.05, 0.1) is 30.9 Å². The van der Waals surface area contributed by atoms with Gasteiger partial charge in [-0.3, -0.25) is 9.63 Å². The van der Waals surface area contributed by atoms with E-state index in [0.717, 1.165) is 37.7 Å². The predicted molar refractivity (Wildman–Crippen MR) is 138 cm³/mol. The summed E-state index contributed by atoms with van der Waals surface area (Å²) in [4.78, 5) is 37.0. The summed E-state index contributed by atoms with van der Waals surface area (Å²) in [5.74, 6) is 2.01. The van der Waals surface area contributed by atoms with E-state index >= 15 is 0 Å². The van der Waals surface area contributed by atoms with Gasteiger partial charge < -0.3 is 20.0 Å². The van der Waals surface area contributed by atoms with Gasteiger partial charge >= 0.3 is 6.09 Å². The predicted octanol–water partition coefficient (Wildman–Crippen LogP) is 4.20. The number of nitrogens with one attached hydrogen (secondary N) is 1. The molecule has 9 heteroatoms. The molecule has 5 atom stereocenters. The normalized spacial score (nSPS) is 32.0. The van der Waals surface area contributed by atoms with Crippen LogP contribution in [0.4, 0.5) is 4.79 Å². The van der Waals surface area contributed by atoms with Crippen LogP contribution in [0.15, 0.2) is 47.9 Å². The number of aromatic hydroxyl groups is 1. The van der Waals surface area contributed by atoms with Gasteiger partial charge in [0.1, 0.15) is 17.9 Å². The van der Waals surface area contributed by atoms with E-state index in [0.29, 0.717) is 31.8 Å². The number of nitrogens with zero attached hydrogens (tertiary/aromatic N) is 2. The van der Waals surface area contributed by atoms with Crippen molar-refractivity contribution in [3.8, 4) is 5.75 Å². The molecule has 2 fully saturated rings. The summed E-state index contributed by atoms with van der Waals surface area (Å²) >= 11 is 0. The fourth-order valence-electron chi connectivity index (χ4n) is 7.09. The van der Waals surface area contributed by atoms with Crippen molar-refractivity contribution in [2.24, 2.45) is 17.3 Å². The number of carbonyl (C=O) groups excluding carboxylic acids is 2. The first-order valence-corrected chi connectivity index (χ1v) is 14.0. The molecular weight excluding hydrogens is 486 g/mol. The molecular formula is C29H37N3O6. The maximum atomic E-state index is 12.8. The van der Waals surface area contributed by atoms with Crippen molar-refractivity contribution >= 4 is 12.0 Å². The smallest absolute Gasteiger partial charge is 0.432 e. The quantitative estimate of drug-likeness (QED) is 0.577. The van der Waals surface area contributed by atoms with Crippen LogP contribution in [-0.4, -0.2) is 59.1 Å². The van der Waals surface area contributed by atoms with Gasteiger partial charge in [0.25, 0.3) is 5.91 Å². The van der Waals surface area contributed by atoms with E-state index in [-0.39, 0.29) is 35.7 Å². The minimum atomic E-state index is -0.692. The number of phenols is 1. The lowest BCUT2D eigenvalue weighted by Gasteiger charge is -2.41. The molecule has 1 saturated carbocycles. The van der Waals surface area contributed by atoms with Crippen molar-refractivity contribution in [3.63, 3.8) is 0 Å². The topological polar surface area (TPSA) is 101 Å². The minimum absolute atomic E-state index is 0.0948. The summed E-state index contributed by atoms with van der Waals surface area (Å²) in [7, 11) is 0. The zero-order valence-corrected chi connectivity index (χ0v) is 21.9. The van der Waals surface area contributed by atoms with Crippen LogP contribution in [0, 0.1) is 17.3 Å². The maximum Gasteiger partial charge on any atom is 0.432 e. The summed E-state index contributed by atoms with van der Waals surface area (Å²) in [6, 6.07) is 6.36. The van der Waals surface area contributed by atoms with Gasteiger partial charge in [0, 0.05) is 25.0 Å². The number of hydroxylamine groups is 4. The summed E-state index contributed by atoms with van der Waals surface area (Å²) < 4.78 is 6.49. The van der Waals surface area contributed by atoms with Crippen LogP contribution in [0.25, 0.3) is 0 Å². The van der Waals surface area contributed by atoms with Crippen LogP contribution < -0.4 is 5.32 Å². The molecule has 2 unspecified atom stereocenters. The molecule has 2 N–H and O–H groups in total. The van der Waals surface area contributed by atoms with Crippen LogP contribution in [0.1, 0.15) is 57.4 Å². The minimum Gasteiger partial charge on any atom is -0.508 e. The Labute approximate surface area is 223 Å². The third kappa shape index (κ3) is 4.61. The lowest BCUT2D eigenvalue weighted by atomic mass is 9.61. The molecule has 1 saturated heterocycles. The first-order chi connectivity index (χ1) is 18.4. The summed E-state index contributed by atoms with van der Waals surface area (Å²) in [6.07, 6.45) is 11.0. The highest BCUT2D eigenvalue weighted by Crippen LogP contribution is 2.59. The number of phenolic OH excluding ortho intramolecular Hbond substituents is 1. The lowest BCUT2D eigenvalue weighted by molar-refractivity contribution is -0.178. The Morgan fingerprint density at radius 1 is 1.24 bits per heavy atom. The molecule has 9 nitrogen and oxygen atoms in total. The highest BCUT2D eigenvalue weighted by molar-refractivity contribution is 5.86. The first kappa shape index (κ1) is 25.1. The van der Waals surface area contributed by atoms with Crippen LogP contribution in [0.2, 0.25) is 0 Å². The summed E-state index contributed by atoms with van der Waals surface area (Å²) in [6.45, 7) is 3.55. The molecule has 5 aliphatic rings. The highest BCUT2D eigenvalue weighted by Gasteiger charge is 2.55. The standard InChI is InChI=1S/C29H37N3O6/c1-19-9-10-25-29(17-19)13-15-31(18-21-6-4-8-24(37-25)26(21)29)38-28(35)30-22-11-14-32(27(22)34)36-16-12-20-5-2-3-7-23(20)33/h2-3,5,7,13,15,19,21-22,25,33H,4,6,8-12,14,16-18H2,1H3,(H,30,35)/t19?,21-,22+,25-,29?/m1/s1. The number of ether oxygens (including phenoxy) is 1. The Bertz CT molecular complexity index is 1150. The fraction of sp³-hybridized carbons (Fsp3) is 0.586. The van der Waals surface area contributed by atoms with E-state index in [1.807, 2.05) is 18.3 Å². The molecule has 6 rings (SSSR count). The zero-order valence-electron chi connectivity index (χ0n) is 21.9. The van der Waals surface area contributed by atoms with Gasteiger partial charge in [-0.15, -0.1) is 0 Å². The summed E-state index contributed by atoms with van der Waals surface area (Å²) in [5.41, 5.74) is 2.10. The van der Waals surface area contributed by atoms with Gasteiger partial charge in [0.15, 0.2) is 0 Å². The largest absolute Gasteiger partial charge is 0.508 e. The van der Waals surface area contributed by atoms with Crippen molar-refractivity contribution in [1.29, 1.82) is 0 Å². The number of hydrogen-bond acceptors (Lipinski definition) is 7. The number of hydrogen-bond donors (Lipinski definition) is 2.